The highest BCUT2D eigenvalue weighted by atomic mass is 35.5. The Hall–Kier alpha value is -1.70. The van der Waals surface area contributed by atoms with Crippen molar-refractivity contribution in [3.63, 3.8) is 0 Å². The number of likely N-dealkylation sites (tertiary alicyclic amines) is 1. The summed E-state index contributed by atoms with van der Waals surface area (Å²) in [6.07, 6.45) is -3.55. The van der Waals surface area contributed by atoms with Crippen LogP contribution in [0, 0.1) is 0 Å². The highest BCUT2D eigenvalue weighted by Crippen LogP contribution is 2.33. The van der Waals surface area contributed by atoms with Crippen molar-refractivity contribution in [3.8, 4) is 0 Å². The van der Waals surface area contributed by atoms with Gasteiger partial charge in [0.2, 0.25) is 11.1 Å². The number of carbonyl (C=O) groups excluding carboxylic acids is 2. The number of hydrogen-bond acceptors (Lipinski definition) is 3. The molecule has 122 valence electrons. The van der Waals surface area contributed by atoms with Gasteiger partial charge in [0.15, 0.2) is 0 Å². The van der Waals surface area contributed by atoms with E-state index in [1.165, 1.54) is 13.0 Å². The molecule has 0 unspecified atom stereocenters. The van der Waals surface area contributed by atoms with Gasteiger partial charge >= 0.3 is 6.18 Å². The van der Waals surface area contributed by atoms with Crippen LogP contribution in [-0.4, -0.2) is 41.5 Å². The van der Waals surface area contributed by atoms with Crippen molar-refractivity contribution in [3.05, 3.63) is 23.1 Å². The van der Waals surface area contributed by atoms with Crippen LogP contribution >= 0.6 is 11.6 Å². The zero-order chi connectivity index (χ0) is 16.5. The Morgan fingerprint density at radius 1 is 1.41 bits per heavy atom. The quantitative estimate of drug-likeness (QED) is 0.901. The van der Waals surface area contributed by atoms with Gasteiger partial charge in [0, 0.05) is 19.5 Å². The Labute approximate surface area is 129 Å². The van der Waals surface area contributed by atoms with Gasteiger partial charge in [-0.1, -0.05) is 0 Å². The Bertz CT molecular complexity index is 573. The molecule has 0 bridgehead atoms. The van der Waals surface area contributed by atoms with Crippen molar-refractivity contribution in [2.45, 2.75) is 38.0 Å². The molecule has 2 atom stereocenters. The molecule has 1 N–H and O–H groups in total. The monoisotopic (exact) mass is 338 g/mol. The molecule has 2 rings (SSSR count). The molecule has 1 aliphatic rings. The number of piperidine rings is 1. The van der Waals surface area contributed by atoms with Crippen LogP contribution in [0.25, 0.3) is 0 Å². The second-order valence-corrected chi connectivity index (χ2v) is 5.44. The predicted octanol–water partition coefficient (Wildman–Crippen LogP) is 2.60. The van der Waals surface area contributed by atoms with Crippen LogP contribution in [0.3, 0.4) is 0 Å². The molecule has 1 saturated heterocycles. The fraction of sp³-hybridized carbons (Fsp3) is 0.538. The molecule has 1 aromatic rings. The third-order valence-corrected chi connectivity index (χ3v) is 3.77. The van der Waals surface area contributed by atoms with Crippen LogP contribution in [0.4, 0.5) is 13.2 Å². The van der Waals surface area contributed by atoms with E-state index >= 15 is 0 Å². The first-order valence-corrected chi connectivity index (χ1v) is 6.95. The van der Waals surface area contributed by atoms with Crippen molar-refractivity contribution >= 4 is 23.4 Å². The molecule has 1 aliphatic heterocycles. The normalized spacial score (nSPS) is 22.5. The first kappa shape index (κ1) is 16.7. The zero-order valence-corrected chi connectivity index (χ0v) is 12.4. The highest BCUT2D eigenvalue weighted by Gasteiger charge is 2.48. The third-order valence-electron chi connectivity index (χ3n) is 3.48. The van der Waals surface area contributed by atoms with E-state index in [1.807, 2.05) is 0 Å². The standard InChI is InChI=1S/C13H14ClF3N2O3/c1-7(20)18-8-2-3-10(13(15,16)17)19(6-8)12(21)9-4-5-22-11(9)14/h4-5,8,10H,2-3,6H2,1H3,(H,18,20)/t8-,10-/m0/s1. The van der Waals surface area contributed by atoms with Crippen LogP contribution in [0.15, 0.2) is 16.7 Å². The van der Waals surface area contributed by atoms with E-state index in [0.29, 0.717) is 4.90 Å². The van der Waals surface area contributed by atoms with E-state index in [9.17, 15) is 22.8 Å². The Morgan fingerprint density at radius 3 is 2.59 bits per heavy atom. The molecule has 2 amide bonds. The molecule has 0 spiro atoms. The van der Waals surface area contributed by atoms with Crippen LogP contribution in [0.5, 0.6) is 0 Å². The molecule has 0 saturated carbocycles. The van der Waals surface area contributed by atoms with E-state index in [4.69, 9.17) is 16.0 Å². The smallest absolute Gasteiger partial charge is 0.408 e. The maximum Gasteiger partial charge on any atom is 0.408 e. The first-order chi connectivity index (χ1) is 10.2. The summed E-state index contributed by atoms with van der Waals surface area (Å²) in [5.74, 6) is -1.22. The molecule has 0 radical (unpaired) electrons. The molecule has 1 fully saturated rings. The van der Waals surface area contributed by atoms with E-state index in [1.54, 1.807) is 0 Å². The summed E-state index contributed by atoms with van der Waals surface area (Å²) in [7, 11) is 0. The van der Waals surface area contributed by atoms with Crippen molar-refractivity contribution in [1.82, 2.24) is 10.2 Å². The summed E-state index contributed by atoms with van der Waals surface area (Å²) in [5.41, 5.74) is -0.126. The summed E-state index contributed by atoms with van der Waals surface area (Å²) < 4.78 is 44.2. The van der Waals surface area contributed by atoms with Gasteiger partial charge in [0.05, 0.1) is 11.8 Å². The SMILES string of the molecule is CC(=O)N[C@H]1CC[C@@H](C(F)(F)F)N(C(=O)c2ccoc2Cl)C1. The number of alkyl halides is 3. The minimum atomic E-state index is -4.55. The van der Waals surface area contributed by atoms with E-state index in [0.717, 1.165) is 6.26 Å². The average molecular weight is 339 g/mol. The molecule has 0 aromatic carbocycles. The zero-order valence-electron chi connectivity index (χ0n) is 11.6. The lowest BCUT2D eigenvalue weighted by atomic mass is 9.97. The van der Waals surface area contributed by atoms with Crippen LogP contribution in [0.2, 0.25) is 5.22 Å². The molecule has 22 heavy (non-hydrogen) atoms. The summed E-state index contributed by atoms with van der Waals surface area (Å²) >= 11 is 5.67. The predicted molar refractivity (Wildman–Crippen MR) is 71.4 cm³/mol. The minimum absolute atomic E-state index is 0.126. The van der Waals surface area contributed by atoms with Crippen LogP contribution < -0.4 is 5.32 Å². The van der Waals surface area contributed by atoms with E-state index < -0.39 is 24.2 Å². The van der Waals surface area contributed by atoms with Crippen LogP contribution in [0.1, 0.15) is 30.1 Å². The Balaban J connectivity index is 2.25. The van der Waals surface area contributed by atoms with Crippen LogP contribution in [-0.2, 0) is 4.79 Å². The Morgan fingerprint density at radius 2 is 2.09 bits per heavy atom. The maximum absolute atomic E-state index is 13.1. The number of hydrogen-bond donors (Lipinski definition) is 1. The third kappa shape index (κ3) is 3.55. The fourth-order valence-electron chi connectivity index (χ4n) is 2.54. The van der Waals surface area contributed by atoms with E-state index in [2.05, 4.69) is 5.32 Å². The van der Waals surface area contributed by atoms with Gasteiger partial charge in [-0.3, -0.25) is 9.59 Å². The number of rotatable bonds is 2. The second-order valence-electron chi connectivity index (χ2n) is 5.10. The number of furan rings is 1. The molecule has 1 aromatic heterocycles. The number of nitrogens with zero attached hydrogens (tertiary/aromatic N) is 1. The molecule has 0 aliphatic carbocycles. The first-order valence-electron chi connectivity index (χ1n) is 6.58. The Kier molecular flexibility index (Phi) is 4.69. The van der Waals surface area contributed by atoms with Gasteiger partial charge in [0.25, 0.3) is 5.91 Å². The van der Waals surface area contributed by atoms with Gasteiger partial charge in [-0.15, -0.1) is 0 Å². The lowest BCUT2D eigenvalue weighted by molar-refractivity contribution is -0.184. The lowest BCUT2D eigenvalue weighted by Crippen LogP contribution is -2.58. The summed E-state index contributed by atoms with van der Waals surface area (Å²) in [6.45, 7) is 1.04. The van der Waals surface area contributed by atoms with Gasteiger partial charge in [-0.2, -0.15) is 13.2 Å². The molecular formula is C13H14ClF3N2O3. The summed E-state index contributed by atoms with van der Waals surface area (Å²) in [4.78, 5) is 24.1. The number of halogens is 4. The van der Waals surface area contributed by atoms with Gasteiger partial charge < -0.3 is 14.6 Å². The van der Waals surface area contributed by atoms with E-state index in [-0.39, 0.29) is 36.1 Å². The summed E-state index contributed by atoms with van der Waals surface area (Å²) in [6, 6.07) is -1.21. The molecule has 9 heteroatoms. The average Bonchev–Trinajstić information content (AvgIpc) is 2.82. The summed E-state index contributed by atoms with van der Waals surface area (Å²) in [5, 5.41) is 2.29. The van der Waals surface area contributed by atoms with Crippen molar-refractivity contribution in [2.24, 2.45) is 0 Å². The van der Waals surface area contributed by atoms with Crippen molar-refractivity contribution in [1.29, 1.82) is 0 Å². The number of nitrogens with one attached hydrogen (secondary N) is 1. The molecular weight excluding hydrogens is 325 g/mol. The van der Waals surface area contributed by atoms with Crippen molar-refractivity contribution in [2.75, 3.05) is 6.54 Å². The van der Waals surface area contributed by atoms with Gasteiger partial charge in [-0.05, 0) is 30.5 Å². The van der Waals surface area contributed by atoms with Gasteiger partial charge in [-0.25, -0.2) is 0 Å². The number of amides is 2. The fourth-order valence-corrected chi connectivity index (χ4v) is 2.74. The maximum atomic E-state index is 13.1. The van der Waals surface area contributed by atoms with Crippen molar-refractivity contribution < 1.29 is 27.2 Å². The molecule has 2 heterocycles. The topological polar surface area (TPSA) is 62.6 Å². The number of carbonyl (C=O) groups is 2. The largest absolute Gasteiger partial charge is 0.452 e. The minimum Gasteiger partial charge on any atom is -0.452 e. The highest BCUT2D eigenvalue weighted by molar-refractivity contribution is 6.32. The lowest BCUT2D eigenvalue weighted by Gasteiger charge is -2.40. The molecule has 5 nitrogen and oxygen atoms in total. The second kappa shape index (κ2) is 6.20. The van der Waals surface area contributed by atoms with Gasteiger partial charge in [0.1, 0.15) is 6.04 Å².